The van der Waals surface area contributed by atoms with Gasteiger partial charge in [0, 0.05) is 6.92 Å². The summed E-state index contributed by atoms with van der Waals surface area (Å²) in [5, 5.41) is 0. The Morgan fingerprint density at radius 3 is 2.23 bits per heavy atom. The largest absolute Gasteiger partial charge is 0.452 e. The fourth-order valence-electron chi connectivity index (χ4n) is 3.74. The lowest BCUT2D eigenvalue weighted by molar-refractivity contribution is -0.177. The molecule has 0 N–H and O–H groups in total. The fraction of sp³-hybridized carbons (Fsp3) is 0.381. The molecule has 30 heavy (non-hydrogen) atoms. The molecule has 2 aromatic rings. The van der Waals surface area contributed by atoms with Crippen molar-refractivity contribution < 1.29 is 35.3 Å². The lowest BCUT2D eigenvalue weighted by atomic mass is 9.77. The number of rotatable bonds is 5. The van der Waals surface area contributed by atoms with Crippen LogP contribution in [0.25, 0.3) is 0 Å². The Labute approximate surface area is 172 Å². The number of carbonyl (C=O) groups excluding carboxylic acids is 1. The van der Waals surface area contributed by atoms with Crippen molar-refractivity contribution in [1.29, 1.82) is 0 Å². The number of halogens is 3. The van der Waals surface area contributed by atoms with Gasteiger partial charge in [-0.15, -0.1) is 0 Å². The van der Waals surface area contributed by atoms with Gasteiger partial charge in [0.25, 0.3) is 10.1 Å². The molecule has 5 nitrogen and oxygen atoms in total. The number of carbonyl (C=O) groups is 1. The molecule has 0 spiro atoms. The summed E-state index contributed by atoms with van der Waals surface area (Å²) in [7, 11) is -4.40. The van der Waals surface area contributed by atoms with Gasteiger partial charge in [0.15, 0.2) is 5.60 Å². The van der Waals surface area contributed by atoms with Gasteiger partial charge in [0.05, 0.1) is 10.5 Å². The Kier molecular flexibility index (Phi) is 6.24. The van der Waals surface area contributed by atoms with E-state index in [1.54, 1.807) is 30.3 Å². The first-order chi connectivity index (χ1) is 14.0. The number of benzene rings is 2. The maximum absolute atomic E-state index is 12.8. The minimum Gasteiger partial charge on any atom is -0.452 e. The summed E-state index contributed by atoms with van der Waals surface area (Å²) in [4.78, 5) is 11.5. The van der Waals surface area contributed by atoms with E-state index in [1.165, 1.54) is 6.92 Å². The SMILES string of the molecule is CC(=O)O[C@]1(c2ccccc2)CCCC[C@@H]1OS(=O)(=O)c1ccc(C(F)(F)F)cc1. The Balaban J connectivity index is 1.96. The molecule has 0 unspecified atom stereocenters. The highest BCUT2D eigenvalue weighted by molar-refractivity contribution is 7.86. The topological polar surface area (TPSA) is 69.7 Å². The molecular formula is C21H21F3O5S. The first-order valence-electron chi connectivity index (χ1n) is 9.40. The summed E-state index contributed by atoms with van der Waals surface area (Å²) in [5.41, 5.74) is -1.66. The molecule has 162 valence electrons. The Morgan fingerprint density at radius 2 is 1.67 bits per heavy atom. The molecule has 3 rings (SSSR count). The summed E-state index contributed by atoms with van der Waals surface area (Å²) in [6, 6.07) is 11.8. The van der Waals surface area contributed by atoms with Crippen molar-refractivity contribution in [2.45, 2.75) is 55.4 Å². The molecule has 0 heterocycles. The van der Waals surface area contributed by atoms with Crippen molar-refractivity contribution in [1.82, 2.24) is 0 Å². The number of alkyl halides is 3. The van der Waals surface area contributed by atoms with Crippen LogP contribution in [0.2, 0.25) is 0 Å². The predicted octanol–water partition coefficient (Wildman–Crippen LogP) is 4.81. The van der Waals surface area contributed by atoms with Crippen LogP contribution in [-0.2, 0) is 35.6 Å². The summed E-state index contributed by atoms with van der Waals surface area (Å²) < 4.78 is 75.1. The number of ether oxygens (including phenoxy) is 1. The van der Waals surface area contributed by atoms with Crippen LogP contribution in [0.1, 0.15) is 43.7 Å². The minimum atomic E-state index is -4.58. The van der Waals surface area contributed by atoms with E-state index in [-0.39, 0.29) is 0 Å². The van der Waals surface area contributed by atoms with Crippen LogP contribution in [0.4, 0.5) is 13.2 Å². The summed E-state index contributed by atoms with van der Waals surface area (Å²) in [6.45, 7) is 1.24. The average Bonchev–Trinajstić information content (AvgIpc) is 2.69. The lowest BCUT2D eigenvalue weighted by Crippen LogP contribution is -2.48. The van der Waals surface area contributed by atoms with Gasteiger partial charge in [-0.05, 0) is 49.1 Å². The quantitative estimate of drug-likeness (QED) is 0.491. The molecule has 2 atom stereocenters. The standard InChI is InChI=1S/C21H21F3O5S/c1-15(25)28-20(16-7-3-2-4-8-16)14-6-5-9-19(20)29-30(26,27)18-12-10-17(11-13-18)21(22,23)24/h2-4,7-8,10-13,19H,5-6,9,14H2,1H3/t19-,20-/m0/s1. The molecule has 1 saturated carbocycles. The summed E-state index contributed by atoms with van der Waals surface area (Å²) in [5.74, 6) is -0.582. The smallest absolute Gasteiger partial charge is 0.416 e. The molecule has 0 radical (unpaired) electrons. The predicted molar refractivity (Wildman–Crippen MR) is 102 cm³/mol. The van der Waals surface area contributed by atoms with E-state index in [0.717, 1.165) is 12.1 Å². The van der Waals surface area contributed by atoms with Gasteiger partial charge < -0.3 is 4.74 Å². The number of hydrogen-bond acceptors (Lipinski definition) is 5. The third kappa shape index (κ3) is 4.67. The van der Waals surface area contributed by atoms with Crippen molar-refractivity contribution >= 4 is 16.1 Å². The zero-order valence-electron chi connectivity index (χ0n) is 16.2. The van der Waals surface area contributed by atoms with E-state index in [1.807, 2.05) is 0 Å². The zero-order valence-corrected chi connectivity index (χ0v) is 17.0. The monoisotopic (exact) mass is 442 g/mol. The maximum Gasteiger partial charge on any atom is 0.416 e. The molecule has 0 saturated heterocycles. The van der Waals surface area contributed by atoms with Crippen LogP contribution in [-0.4, -0.2) is 20.5 Å². The molecule has 0 aromatic heterocycles. The molecule has 1 fully saturated rings. The molecule has 1 aliphatic rings. The average molecular weight is 442 g/mol. The van der Waals surface area contributed by atoms with Gasteiger partial charge in [-0.3, -0.25) is 8.98 Å². The van der Waals surface area contributed by atoms with Gasteiger partial charge in [0.2, 0.25) is 0 Å². The third-order valence-electron chi connectivity index (χ3n) is 5.09. The van der Waals surface area contributed by atoms with Gasteiger partial charge in [-0.2, -0.15) is 21.6 Å². The lowest BCUT2D eigenvalue weighted by Gasteiger charge is -2.42. The second-order valence-electron chi connectivity index (χ2n) is 7.16. The van der Waals surface area contributed by atoms with E-state index >= 15 is 0 Å². The zero-order chi connectivity index (χ0) is 22.0. The van der Waals surface area contributed by atoms with Crippen LogP contribution >= 0.6 is 0 Å². The summed E-state index contributed by atoms with van der Waals surface area (Å²) in [6.07, 6.45) is -3.56. The van der Waals surface area contributed by atoms with Crippen LogP contribution in [0.15, 0.2) is 59.5 Å². The van der Waals surface area contributed by atoms with Gasteiger partial charge in [-0.1, -0.05) is 36.8 Å². The minimum absolute atomic E-state index is 0.308. The first kappa shape index (κ1) is 22.3. The van der Waals surface area contributed by atoms with Crippen molar-refractivity contribution in [2.24, 2.45) is 0 Å². The Morgan fingerprint density at radius 1 is 1.03 bits per heavy atom. The van der Waals surface area contributed by atoms with Gasteiger partial charge in [0.1, 0.15) is 6.10 Å². The van der Waals surface area contributed by atoms with Crippen molar-refractivity contribution in [3.8, 4) is 0 Å². The Hall–Kier alpha value is -2.39. The third-order valence-corrected chi connectivity index (χ3v) is 6.42. The second kappa shape index (κ2) is 8.39. The normalized spacial score (nSPS) is 22.5. The van der Waals surface area contributed by atoms with Crippen LogP contribution in [0, 0.1) is 0 Å². The molecule has 0 bridgehead atoms. The number of hydrogen-bond donors (Lipinski definition) is 0. The Bertz CT molecular complexity index is 988. The molecule has 2 aromatic carbocycles. The molecule has 0 amide bonds. The van der Waals surface area contributed by atoms with Crippen LogP contribution < -0.4 is 0 Å². The van der Waals surface area contributed by atoms with Crippen LogP contribution in [0.5, 0.6) is 0 Å². The molecule has 0 aliphatic heterocycles. The second-order valence-corrected chi connectivity index (χ2v) is 8.73. The van der Waals surface area contributed by atoms with E-state index in [0.29, 0.717) is 43.4 Å². The fourth-order valence-corrected chi connectivity index (χ4v) is 4.88. The molecular weight excluding hydrogens is 421 g/mol. The van der Waals surface area contributed by atoms with Crippen LogP contribution in [0.3, 0.4) is 0 Å². The van der Waals surface area contributed by atoms with Gasteiger partial charge in [-0.25, -0.2) is 0 Å². The summed E-state index contributed by atoms with van der Waals surface area (Å²) >= 11 is 0. The van der Waals surface area contributed by atoms with E-state index in [9.17, 15) is 26.4 Å². The van der Waals surface area contributed by atoms with Crippen molar-refractivity contribution in [3.63, 3.8) is 0 Å². The highest BCUT2D eigenvalue weighted by Gasteiger charge is 2.48. The highest BCUT2D eigenvalue weighted by Crippen LogP contribution is 2.43. The molecule has 9 heteroatoms. The van der Waals surface area contributed by atoms with Crippen molar-refractivity contribution in [2.75, 3.05) is 0 Å². The van der Waals surface area contributed by atoms with Gasteiger partial charge >= 0.3 is 12.1 Å². The number of esters is 1. The highest BCUT2D eigenvalue weighted by atomic mass is 32.2. The maximum atomic E-state index is 12.8. The first-order valence-corrected chi connectivity index (χ1v) is 10.8. The van der Waals surface area contributed by atoms with E-state index in [4.69, 9.17) is 8.92 Å². The van der Waals surface area contributed by atoms with Crippen molar-refractivity contribution in [3.05, 3.63) is 65.7 Å². The molecule has 1 aliphatic carbocycles. The van der Waals surface area contributed by atoms with E-state index in [2.05, 4.69) is 0 Å². The van der Waals surface area contributed by atoms with E-state index < -0.39 is 44.4 Å².